The first-order valence-corrected chi connectivity index (χ1v) is 4.73. The van der Waals surface area contributed by atoms with Crippen molar-refractivity contribution in [1.29, 1.82) is 0 Å². The molecule has 0 aliphatic heterocycles. The second-order valence-corrected chi connectivity index (χ2v) is 3.35. The van der Waals surface area contributed by atoms with Crippen LogP contribution in [0.3, 0.4) is 0 Å². The summed E-state index contributed by atoms with van der Waals surface area (Å²) in [7, 11) is 0. The molecule has 0 radical (unpaired) electrons. The Hall–Kier alpha value is -0.570. The number of carbonyl (C=O) groups excluding carboxylic acids is 1. The summed E-state index contributed by atoms with van der Waals surface area (Å²) in [4.78, 5) is 11.2. The van der Waals surface area contributed by atoms with Crippen molar-refractivity contribution in [3.05, 3.63) is 0 Å². The molecule has 1 saturated carbocycles. The largest absolute Gasteiger partial charge is 0.396 e. The number of hydrogen-bond acceptors (Lipinski definition) is 2. The first-order valence-electron chi connectivity index (χ1n) is 4.73. The molecule has 0 unspecified atom stereocenters. The molecule has 0 heterocycles. The summed E-state index contributed by atoms with van der Waals surface area (Å²) in [6, 6.07) is 0. The molecule has 1 fully saturated rings. The maximum atomic E-state index is 11.2. The van der Waals surface area contributed by atoms with E-state index in [4.69, 9.17) is 5.11 Å². The van der Waals surface area contributed by atoms with Crippen LogP contribution in [0.25, 0.3) is 0 Å². The van der Waals surface area contributed by atoms with Crippen molar-refractivity contribution in [1.82, 2.24) is 5.32 Å². The molecular weight excluding hydrogens is 154 g/mol. The molecule has 70 valence electrons. The van der Waals surface area contributed by atoms with Gasteiger partial charge in [0.15, 0.2) is 0 Å². The smallest absolute Gasteiger partial charge is 0.223 e. The van der Waals surface area contributed by atoms with Crippen LogP contribution < -0.4 is 5.32 Å². The fraction of sp³-hybridized carbons (Fsp3) is 0.889. The predicted molar refractivity (Wildman–Crippen MR) is 46.7 cm³/mol. The van der Waals surface area contributed by atoms with Crippen LogP contribution in [0.4, 0.5) is 0 Å². The van der Waals surface area contributed by atoms with Crippen molar-refractivity contribution in [2.45, 2.75) is 32.1 Å². The summed E-state index contributed by atoms with van der Waals surface area (Å²) in [5.74, 6) is 0.498. The van der Waals surface area contributed by atoms with E-state index in [2.05, 4.69) is 5.32 Å². The summed E-state index contributed by atoms with van der Waals surface area (Å²) in [6.07, 6.45) is 4.99. The number of aliphatic hydroxyl groups is 1. The van der Waals surface area contributed by atoms with Crippen molar-refractivity contribution < 1.29 is 9.90 Å². The van der Waals surface area contributed by atoms with Crippen molar-refractivity contribution >= 4 is 5.91 Å². The van der Waals surface area contributed by atoms with E-state index < -0.39 is 0 Å². The molecule has 0 spiro atoms. The van der Waals surface area contributed by atoms with E-state index in [9.17, 15) is 4.79 Å². The van der Waals surface area contributed by atoms with Gasteiger partial charge in [0.05, 0.1) is 0 Å². The van der Waals surface area contributed by atoms with Crippen LogP contribution in [0.1, 0.15) is 32.1 Å². The average molecular weight is 171 g/mol. The third-order valence-electron chi connectivity index (χ3n) is 2.36. The van der Waals surface area contributed by atoms with Gasteiger partial charge in [0.25, 0.3) is 0 Å². The Morgan fingerprint density at radius 2 is 2.17 bits per heavy atom. The van der Waals surface area contributed by atoms with Gasteiger partial charge in [-0.2, -0.15) is 0 Å². The highest BCUT2D eigenvalue weighted by atomic mass is 16.2. The van der Waals surface area contributed by atoms with Crippen molar-refractivity contribution in [3.8, 4) is 0 Å². The Bertz CT molecular complexity index is 143. The van der Waals surface area contributed by atoms with E-state index in [-0.39, 0.29) is 12.5 Å². The molecule has 0 bridgehead atoms. The topological polar surface area (TPSA) is 49.3 Å². The highest BCUT2D eigenvalue weighted by Gasteiger charge is 2.24. The number of rotatable bonds is 5. The van der Waals surface area contributed by atoms with Gasteiger partial charge in [0, 0.05) is 19.1 Å². The van der Waals surface area contributed by atoms with E-state index in [0.717, 1.165) is 32.2 Å². The summed E-state index contributed by atoms with van der Waals surface area (Å²) in [6.45, 7) is 0.940. The highest BCUT2D eigenvalue weighted by molar-refractivity contribution is 5.79. The lowest BCUT2D eigenvalue weighted by atomic mass is 9.85. The number of aliphatic hydroxyl groups excluding tert-OH is 1. The monoisotopic (exact) mass is 171 g/mol. The van der Waals surface area contributed by atoms with Crippen LogP contribution in [0.15, 0.2) is 0 Å². The minimum absolute atomic E-state index is 0.208. The molecule has 12 heavy (non-hydrogen) atoms. The molecule has 1 aliphatic rings. The molecule has 3 nitrogen and oxygen atoms in total. The summed E-state index contributed by atoms with van der Waals surface area (Å²) < 4.78 is 0. The lowest BCUT2D eigenvalue weighted by molar-refractivity contribution is -0.127. The molecule has 1 amide bonds. The van der Waals surface area contributed by atoms with Gasteiger partial charge in [0.2, 0.25) is 5.91 Å². The van der Waals surface area contributed by atoms with Crippen LogP contribution in [-0.2, 0) is 4.79 Å². The van der Waals surface area contributed by atoms with E-state index in [1.54, 1.807) is 0 Å². The fourth-order valence-electron chi connectivity index (χ4n) is 1.26. The Morgan fingerprint density at radius 3 is 2.67 bits per heavy atom. The second kappa shape index (κ2) is 5.14. The van der Waals surface area contributed by atoms with Crippen molar-refractivity contribution in [2.24, 2.45) is 5.92 Å². The van der Waals surface area contributed by atoms with E-state index in [1.807, 2.05) is 0 Å². The molecule has 0 saturated heterocycles. The van der Waals surface area contributed by atoms with Crippen molar-refractivity contribution in [2.75, 3.05) is 13.2 Å². The van der Waals surface area contributed by atoms with Gasteiger partial charge in [-0.15, -0.1) is 0 Å². The quantitative estimate of drug-likeness (QED) is 0.597. The molecule has 1 rings (SSSR count). The van der Waals surface area contributed by atoms with E-state index >= 15 is 0 Å². The lowest BCUT2D eigenvalue weighted by Crippen LogP contribution is -2.34. The molecule has 2 N–H and O–H groups in total. The van der Waals surface area contributed by atoms with Gasteiger partial charge in [-0.3, -0.25) is 4.79 Å². The highest BCUT2D eigenvalue weighted by Crippen LogP contribution is 2.25. The van der Waals surface area contributed by atoms with Gasteiger partial charge >= 0.3 is 0 Å². The zero-order valence-corrected chi connectivity index (χ0v) is 7.38. The van der Waals surface area contributed by atoms with Gasteiger partial charge in [-0.25, -0.2) is 0 Å². The molecule has 0 aromatic heterocycles. The molecule has 1 aliphatic carbocycles. The Balaban J connectivity index is 1.94. The minimum atomic E-state index is 0.208. The minimum Gasteiger partial charge on any atom is -0.396 e. The molecule has 0 aromatic carbocycles. The number of unbranched alkanes of at least 4 members (excludes halogenated alkanes) is 1. The second-order valence-electron chi connectivity index (χ2n) is 3.35. The van der Waals surface area contributed by atoms with Gasteiger partial charge in [-0.05, 0) is 25.7 Å². The summed E-state index contributed by atoms with van der Waals surface area (Å²) >= 11 is 0. The third kappa shape index (κ3) is 2.81. The maximum absolute atomic E-state index is 11.2. The van der Waals surface area contributed by atoms with Gasteiger partial charge in [-0.1, -0.05) is 6.42 Å². The summed E-state index contributed by atoms with van der Waals surface area (Å²) in [5.41, 5.74) is 0. The number of hydrogen-bond donors (Lipinski definition) is 2. The van der Waals surface area contributed by atoms with Crippen molar-refractivity contribution in [3.63, 3.8) is 0 Å². The van der Waals surface area contributed by atoms with Crippen LogP contribution in [0, 0.1) is 5.92 Å². The van der Waals surface area contributed by atoms with Crippen LogP contribution in [0.5, 0.6) is 0 Å². The average Bonchev–Trinajstić information content (AvgIpc) is 1.95. The Labute approximate surface area is 73.2 Å². The number of amides is 1. The SMILES string of the molecule is O=C(NCCCCO)C1CCC1. The molecule has 0 atom stereocenters. The van der Waals surface area contributed by atoms with Gasteiger partial charge < -0.3 is 10.4 Å². The molecular formula is C9H17NO2. The lowest BCUT2D eigenvalue weighted by Gasteiger charge is -2.23. The van der Waals surface area contributed by atoms with Gasteiger partial charge in [0.1, 0.15) is 0 Å². The normalized spacial score (nSPS) is 17.1. The first kappa shape index (κ1) is 9.52. The van der Waals surface area contributed by atoms with Crippen LogP contribution in [0.2, 0.25) is 0 Å². The predicted octanol–water partition coefficient (Wildman–Crippen LogP) is 0.675. The Morgan fingerprint density at radius 1 is 1.42 bits per heavy atom. The maximum Gasteiger partial charge on any atom is 0.223 e. The van der Waals surface area contributed by atoms with E-state index in [1.165, 1.54) is 6.42 Å². The Kier molecular flexibility index (Phi) is 4.08. The zero-order chi connectivity index (χ0) is 8.81. The van der Waals surface area contributed by atoms with Crippen LogP contribution >= 0.6 is 0 Å². The fourth-order valence-corrected chi connectivity index (χ4v) is 1.26. The molecule has 0 aromatic rings. The van der Waals surface area contributed by atoms with Crippen LogP contribution in [-0.4, -0.2) is 24.2 Å². The standard InChI is InChI=1S/C9H17NO2/c11-7-2-1-6-10-9(12)8-4-3-5-8/h8,11H,1-7H2,(H,10,12). The van der Waals surface area contributed by atoms with E-state index in [0.29, 0.717) is 5.92 Å². The zero-order valence-electron chi connectivity index (χ0n) is 7.38. The third-order valence-corrected chi connectivity index (χ3v) is 2.36. The summed E-state index contributed by atoms with van der Waals surface area (Å²) in [5, 5.41) is 11.4. The molecule has 3 heteroatoms. The number of carbonyl (C=O) groups is 1. The number of nitrogens with one attached hydrogen (secondary N) is 1. The first-order chi connectivity index (χ1) is 5.84.